The van der Waals surface area contributed by atoms with E-state index in [1.165, 1.54) is 5.56 Å². The highest BCUT2D eigenvalue weighted by Gasteiger charge is 2.04. The summed E-state index contributed by atoms with van der Waals surface area (Å²) in [6, 6.07) is 16.4. The summed E-state index contributed by atoms with van der Waals surface area (Å²) in [7, 11) is 0. The summed E-state index contributed by atoms with van der Waals surface area (Å²) < 4.78 is 6.65. The van der Waals surface area contributed by atoms with E-state index >= 15 is 0 Å². The average molecular weight is 303 g/mol. The van der Waals surface area contributed by atoms with Crippen molar-refractivity contribution in [2.24, 2.45) is 0 Å². The van der Waals surface area contributed by atoms with Gasteiger partial charge < -0.3 is 9.73 Å². The van der Waals surface area contributed by atoms with Gasteiger partial charge in [0.2, 0.25) is 0 Å². The number of fused-ring (bicyclic) bond motifs is 1. The molecule has 3 nitrogen and oxygen atoms in total. The van der Waals surface area contributed by atoms with Crippen LogP contribution in [0.25, 0.3) is 11.1 Å². The molecule has 0 atom stereocenters. The molecule has 0 saturated heterocycles. The molecule has 0 aliphatic carbocycles. The number of nitrogens with one attached hydrogen (secondary N) is 1. The lowest BCUT2D eigenvalue weighted by Crippen LogP contribution is -1.99. The molecular weight excluding hydrogens is 292 g/mol. The van der Waals surface area contributed by atoms with Gasteiger partial charge in [0, 0.05) is 11.0 Å². The molecule has 0 bridgehead atoms. The smallest absolute Gasteiger partial charge is 0.295 e. The molecule has 4 heteroatoms. The van der Waals surface area contributed by atoms with Crippen LogP contribution in [0.3, 0.4) is 0 Å². The molecule has 18 heavy (non-hydrogen) atoms. The van der Waals surface area contributed by atoms with E-state index in [9.17, 15) is 0 Å². The number of anilines is 1. The molecule has 0 radical (unpaired) electrons. The third kappa shape index (κ3) is 2.38. The second-order valence-electron chi connectivity index (χ2n) is 3.97. The molecule has 90 valence electrons. The molecule has 2 aromatic carbocycles. The van der Waals surface area contributed by atoms with Crippen molar-refractivity contribution in [1.82, 2.24) is 4.98 Å². The summed E-state index contributed by atoms with van der Waals surface area (Å²) >= 11 is 3.45. The summed E-state index contributed by atoms with van der Waals surface area (Å²) in [5, 5.41) is 3.18. The summed E-state index contributed by atoms with van der Waals surface area (Å²) in [4.78, 5) is 4.36. The summed E-state index contributed by atoms with van der Waals surface area (Å²) in [6.07, 6.45) is 0. The first-order chi connectivity index (χ1) is 8.81. The van der Waals surface area contributed by atoms with Gasteiger partial charge in [-0.05, 0) is 29.8 Å². The molecule has 0 spiro atoms. The van der Waals surface area contributed by atoms with Crippen molar-refractivity contribution in [3.05, 3.63) is 58.6 Å². The molecule has 0 aliphatic heterocycles. The topological polar surface area (TPSA) is 38.1 Å². The SMILES string of the molecule is Brc1cccc(CNc2nc3ccccc3o2)c1. The fourth-order valence-electron chi connectivity index (χ4n) is 1.77. The van der Waals surface area contributed by atoms with Crippen molar-refractivity contribution in [2.45, 2.75) is 6.54 Å². The molecule has 3 aromatic rings. The lowest BCUT2D eigenvalue weighted by Gasteiger charge is -2.02. The van der Waals surface area contributed by atoms with Gasteiger partial charge in [0.1, 0.15) is 5.52 Å². The lowest BCUT2D eigenvalue weighted by molar-refractivity contribution is 0.614. The van der Waals surface area contributed by atoms with Gasteiger partial charge >= 0.3 is 0 Å². The van der Waals surface area contributed by atoms with E-state index in [1.807, 2.05) is 36.4 Å². The Balaban J connectivity index is 1.76. The third-order valence-electron chi connectivity index (χ3n) is 2.63. The van der Waals surface area contributed by atoms with E-state index in [1.54, 1.807) is 0 Å². The zero-order valence-electron chi connectivity index (χ0n) is 9.56. The number of aromatic nitrogens is 1. The van der Waals surface area contributed by atoms with E-state index in [0.717, 1.165) is 15.6 Å². The van der Waals surface area contributed by atoms with E-state index < -0.39 is 0 Å². The highest BCUT2D eigenvalue weighted by atomic mass is 79.9. The fraction of sp³-hybridized carbons (Fsp3) is 0.0714. The normalized spacial score (nSPS) is 10.7. The van der Waals surface area contributed by atoms with Crippen LogP contribution < -0.4 is 5.32 Å². The van der Waals surface area contributed by atoms with Gasteiger partial charge in [-0.25, -0.2) is 0 Å². The largest absolute Gasteiger partial charge is 0.424 e. The molecule has 1 heterocycles. The Kier molecular flexibility index (Phi) is 3.02. The third-order valence-corrected chi connectivity index (χ3v) is 3.12. The van der Waals surface area contributed by atoms with Crippen LogP contribution in [0.1, 0.15) is 5.56 Å². The lowest BCUT2D eigenvalue weighted by atomic mass is 10.2. The maximum atomic E-state index is 5.59. The second kappa shape index (κ2) is 4.82. The molecule has 1 N–H and O–H groups in total. The summed E-state index contributed by atoms with van der Waals surface area (Å²) in [5.41, 5.74) is 2.84. The Morgan fingerprint density at radius 1 is 1.11 bits per heavy atom. The van der Waals surface area contributed by atoms with Crippen LogP contribution in [0.15, 0.2) is 57.4 Å². The van der Waals surface area contributed by atoms with Gasteiger partial charge in [-0.1, -0.05) is 40.2 Å². The Morgan fingerprint density at radius 2 is 2.00 bits per heavy atom. The van der Waals surface area contributed by atoms with Crippen molar-refractivity contribution in [3.63, 3.8) is 0 Å². The number of rotatable bonds is 3. The number of oxazole rings is 1. The molecule has 0 fully saturated rings. The minimum absolute atomic E-state index is 0.552. The Bertz CT molecular complexity index is 645. The highest BCUT2D eigenvalue weighted by Crippen LogP contribution is 2.19. The van der Waals surface area contributed by atoms with Crippen molar-refractivity contribution in [1.29, 1.82) is 0 Å². The monoisotopic (exact) mass is 302 g/mol. The van der Waals surface area contributed by atoms with Crippen molar-refractivity contribution in [2.75, 3.05) is 5.32 Å². The van der Waals surface area contributed by atoms with Crippen LogP contribution in [0.4, 0.5) is 6.01 Å². The summed E-state index contributed by atoms with van der Waals surface area (Å²) in [5.74, 6) is 0. The van der Waals surface area contributed by atoms with Gasteiger partial charge in [0.15, 0.2) is 5.58 Å². The van der Waals surface area contributed by atoms with Gasteiger partial charge in [-0.2, -0.15) is 4.98 Å². The van der Waals surface area contributed by atoms with Crippen LogP contribution in [-0.2, 0) is 6.54 Å². The van der Waals surface area contributed by atoms with Crippen LogP contribution in [0.5, 0.6) is 0 Å². The second-order valence-corrected chi connectivity index (χ2v) is 4.89. The van der Waals surface area contributed by atoms with Crippen molar-refractivity contribution in [3.8, 4) is 0 Å². The van der Waals surface area contributed by atoms with E-state index in [0.29, 0.717) is 12.6 Å². The van der Waals surface area contributed by atoms with Gasteiger partial charge in [-0.3, -0.25) is 0 Å². The first-order valence-corrected chi connectivity index (χ1v) is 6.44. The number of nitrogens with zero attached hydrogens (tertiary/aromatic N) is 1. The van der Waals surface area contributed by atoms with Crippen LogP contribution >= 0.6 is 15.9 Å². The quantitative estimate of drug-likeness (QED) is 0.788. The number of halogens is 1. The molecule has 0 unspecified atom stereocenters. The van der Waals surface area contributed by atoms with Crippen molar-refractivity contribution >= 4 is 33.0 Å². The molecule has 1 aromatic heterocycles. The zero-order valence-corrected chi connectivity index (χ0v) is 11.1. The molecular formula is C14H11BrN2O. The van der Waals surface area contributed by atoms with Crippen LogP contribution in [-0.4, -0.2) is 4.98 Å². The Hall–Kier alpha value is -1.81. The van der Waals surface area contributed by atoms with Crippen molar-refractivity contribution < 1.29 is 4.42 Å². The maximum Gasteiger partial charge on any atom is 0.295 e. The molecule has 0 amide bonds. The summed E-state index contributed by atoms with van der Waals surface area (Å²) in [6.45, 7) is 0.687. The average Bonchev–Trinajstić information content (AvgIpc) is 2.79. The zero-order chi connectivity index (χ0) is 12.4. The van der Waals surface area contributed by atoms with E-state index in [2.05, 4.69) is 38.4 Å². The first kappa shape index (κ1) is 11.3. The first-order valence-electron chi connectivity index (χ1n) is 5.65. The predicted molar refractivity (Wildman–Crippen MR) is 75.5 cm³/mol. The number of hydrogen-bond acceptors (Lipinski definition) is 3. The van der Waals surface area contributed by atoms with Crippen LogP contribution in [0, 0.1) is 0 Å². The molecule has 0 saturated carbocycles. The predicted octanol–water partition coefficient (Wildman–Crippen LogP) is 4.20. The number of benzene rings is 2. The molecule has 3 rings (SSSR count). The van der Waals surface area contributed by atoms with E-state index in [-0.39, 0.29) is 0 Å². The van der Waals surface area contributed by atoms with Gasteiger partial charge in [0.05, 0.1) is 0 Å². The maximum absolute atomic E-state index is 5.59. The Morgan fingerprint density at radius 3 is 2.83 bits per heavy atom. The fourth-order valence-corrected chi connectivity index (χ4v) is 2.22. The van der Waals surface area contributed by atoms with E-state index in [4.69, 9.17) is 4.42 Å². The highest BCUT2D eigenvalue weighted by molar-refractivity contribution is 9.10. The standard InChI is InChI=1S/C14H11BrN2O/c15-11-5-3-4-10(8-11)9-16-14-17-12-6-1-2-7-13(12)18-14/h1-8H,9H2,(H,16,17). The number of hydrogen-bond donors (Lipinski definition) is 1. The van der Waals surface area contributed by atoms with Crippen LogP contribution in [0.2, 0.25) is 0 Å². The molecule has 0 aliphatic rings. The van der Waals surface area contributed by atoms with Gasteiger partial charge in [-0.15, -0.1) is 0 Å². The minimum atomic E-state index is 0.552. The van der Waals surface area contributed by atoms with Gasteiger partial charge in [0.25, 0.3) is 6.01 Å². The minimum Gasteiger partial charge on any atom is -0.424 e. The number of para-hydroxylation sites is 2. The Labute approximate surface area is 113 Å².